The van der Waals surface area contributed by atoms with Crippen LogP contribution in [-0.4, -0.2) is 18.2 Å². The van der Waals surface area contributed by atoms with E-state index in [-0.39, 0.29) is 10.0 Å². The predicted molar refractivity (Wildman–Crippen MR) is 82.9 cm³/mol. The first-order chi connectivity index (χ1) is 9.32. The normalized spacial score (nSPS) is 11.8. The maximum absolute atomic E-state index is 11.6. The van der Waals surface area contributed by atoms with Crippen molar-refractivity contribution in [1.29, 1.82) is 0 Å². The molecule has 0 bridgehead atoms. The molecule has 108 valence electrons. The lowest BCUT2D eigenvalue weighted by Gasteiger charge is -2.03. The van der Waals surface area contributed by atoms with Crippen LogP contribution in [0.3, 0.4) is 0 Å². The molecule has 0 aliphatic carbocycles. The van der Waals surface area contributed by atoms with E-state index in [0.29, 0.717) is 18.7 Å². The van der Waals surface area contributed by atoms with Crippen LogP contribution in [0.25, 0.3) is 0 Å². The number of rotatable bonds is 4. The van der Waals surface area contributed by atoms with Gasteiger partial charge in [-0.05, 0) is 24.1 Å². The summed E-state index contributed by atoms with van der Waals surface area (Å²) in [7, 11) is 1.51. The van der Waals surface area contributed by atoms with Crippen molar-refractivity contribution in [2.24, 2.45) is 0 Å². The summed E-state index contributed by atoms with van der Waals surface area (Å²) in [5.41, 5.74) is 1.33. The van der Waals surface area contributed by atoms with Gasteiger partial charge in [0, 0.05) is 15.2 Å². The summed E-state index contributed by atoms with van der Waals surface area (Å²) in [6.07, 6.45) is 0.439. The lowest BCUT2D eigenvalue weighted by atomic mass is 10.2. The van der Waals surface area contributed by atoms with E-state index in [2.05, 4.69) is 21.0 Å². The van der Waals surface area contributed by atoms with Gasteiger partial charge in [-0.3, -0.25) is 0 Å². The second-order valence-electron chi connectivity index (χ2n) is 4.14. The summed E-state index contributed by atoms with van der Waals surface area (Å²) in [6.45, 7) is 2.18. The largest absolute Gasteiger partial charge is 0.266 e. The van der Waals surface area contributed by atoms with Crippen LogP contribution in [0.4, 0.5) is 0 Å². The molecule has 0 N–H and O–H groups in total. The molecule has 2 aromatic rings. The van der Waals surface area contributed by atoms with Gasteiger partial charge in [-0.15, -0.1) is 0 Å². The average molecular weight is 398 g/mol. The van der Waals surface area contributed by atoms with Gasteiger partial charge in [0.2, 0.25) is 0 Å². The van der Waals surface area contributed by atoms with Crippen molar-refractivity contribution in [1.82, 2.24) is 9.78 Å². The van der Waals surface area contributed by atoms with E-state index in [1.54, 1.807) is 6.92 Å². The maximum atomic E-state index is 11.6. The van der Waals surface area contributed by atoms with E-state index < -0.39 is 9.05 Å². The number of nitrogens with zero attached hydrogens (tertiary/aromatic N) is 2. The van der Waals surface area contributed by atoms with Crippen LogP contribution in [0.15, 0.2) is 33.6 Å². The summed E-state index contributed by atoms with van der Waals surface area (Å²) >= 11 is 9.45. The van der Waals surface area contributed by atoms with Gasteiger partial charge in [-0.1, -0.05) is 46.6 Å². The second-order valence-corrected chi connectivity index (χ2v) is 7.92. The number of aromatic nitrogens is 2. The van der Waals surface area contributed by atoms with Crippen LogP contribution >= 0.6 is 38.2 Å². The minimum Gasteiger partial charge on any atom is -0.248 e. The summed E-state index contributed by atoms with van der Waals surface area (Å²) in [5, 5.41) is 4.26. The highest BCUT2D eigenvalue weighted by Gasteiger charge is 2.25. The lowest BCUT2D eigenvalue weighted by Crippen LogP contribution is -2.02. The van der Waals surface area contributed by atoms with Gasteiger partial charge in [-0.25, -0.2) is 13.1 Å². The molecule has 20 heavy (non-hydrogen) atoms. The zero-order chi connectivity index (χ0) is 14.9. The van der Waals surface area contributed by atoms with E-state index in [0.717, 1.165) is 10.0 Å². The Hall–Kier alpha value is -0.560. The van der Waals surface area contributed by atoms with Gasteiger partial charge in [0.1, 0.15) is 10.0 Å². The highest BCUT2D eigenvalue weighted by molar-refractivity contribution is 9.10. The molecular formula is C12H11BrCl2N2O2S. The molecule has 2 rings (SSSR count). The van der Waals surface area contributed by atoms with Gasteiger partial charge in [0.25, 0.3) is 9.05 Å². The van der Waals surface area contributed by atoms with Gasteiger partial charge >= 0.3 is 0 Å². The van der Waals surface area contributed by atoms with Gasteiger partial charge in [0.05, 0.1) is 12.2 Å². The molecule has 0 aliphatic rings. The van der Waals surface area contributed by atoms with E-state index in [1.807, 2.05) is 24.3 Å². The molecule has 8 heteroatoms. The molecule has 0 saturated carbocycles. The fourth-order valence-electron chi connectivity index (χ4n) is 1.81. The summed E-state index contributed by atoms with van der Waals surface area (Å²) in [4.78, 5) is -0.0968. The second kappa shape index (κ2) is 6.05. The lowest BCUT2D eigenvalue weighted by molar-refractivity contribution is 0.608. The zero-order valence-electron chi connectivity index (χ0n) is 10.5. The molecule has 1 heterocycles. The van der Waals surface area contributed by atoms with Crippen molar-refractivity contribution in [3.63, 3.8) is 0 Å². The topological polar surface area (TPSA) is 52.0 Å². The van der Waals surface area contributed by atoms with E-state index in [9.17, 15) is 8.42 Å². The highest BCUT2D eigenvalue weighted by Crippen LogP contribution is 2.29. The standard InChI is InChI=1S/C12H11BrCl2N2O2S/c1-2-10-11(20(15,18)19)12(14)17(16-10)7-8-3-5-9(13)6-4-8/h3-6H,2,7H2,1H3. The third-order valence-corrected chi connectivity index (χ3v) is 5.15. The summed E-state index contributed by atoms with van der Waals surface area (Å²) in [6, 6.07) is 7.60. The molecule has 0 atom stereocenters. The van der Waals surface area contributed by atoms with Crippen LogP contribution in [0.2, 0.25) is 5.15 Å². The van der Waals surface area contributed by atoms with Crippen molar-refractivity contribution in [2.45, 2.75) is 24.8 Å². The van der Waals surface area contributed by atoms with Crippen LogP contribution in [0.5, 0.6) is 0 Å². The first-order valence-corrected chi connectivity index (χ1v) is 9.25. The van der Waals surface area contributed by atoms with Gasteiger partial charge in [0.15, 0.2) is 0 Å². The molecule has 0 aliphatic heterocycles. The number of hydrogen-bond acceptors (Lipinski definition) is 3. The number of halogens is 3. The Morgan fingerprint density at radius 2 is 1.90 bits per heavy atom. The Morgan fingerprint density at radius 3 is 2.35 bits per heavy atom. The minimum atomic E-state index is -3.90. The van der Waals surface area contributed by atoms with Crippen molar-refractivity contribution in [3.05, 3.63) is 45.1 Å². The van der Waals surface area contributed by atoms with Crippen molar-refractivity contribution in [3.8, 4) is 0 Å². The van der Waals surface area contributed by atoms with Gasteiger partial charge < -0.3 is 0 Å². The Balaban J connectivity index is 2.43. The number of benzene rings is 1. The molecule has 0 spiro atoms. The Kier molecular flexibility index (Phi) is 4.79. The molecular weight excluding hydrogens is 387 g/mol. The molecule has 0 radical (unpaired) electrons. The highest BCUT2D eigenvalue weighted by atomic mass is 79.9. The molecule has 1 aromatic heterocycles. The maximum Gasteiger partial charge on any atom is 0.266 e. The molecule has 0 saturated heterocycles. The number of hydrogen-bond donors (Lipinski definition) is 0. The molecule has 4 nitrogen and oxygen atoms in total. The van der Waals surface area contributed by atoms with Gasteiger partial charge in [-0.2, -0.15) is 5.10 Å². The monoisotopic (exact) mass is 396 g/mol. The van der Waals surface area contributed by atoms with E-state index in [1.165, 1.54) is 4.68 Å². The SMILES string of the molecule is CCc1nn(Cc2ccc(Br)cc2)c(Cl)c1S(=O)(=O)Cl. The van der Waals surface area contributed by atoms with E-state index >= 15 is 0 Å². The third kappa shape index (κ3) is 3.36. The van der Waals surface area contributed by atoms with Crippen molar-refractivity contribution < 1.29 is 8.42 Å². The smallest absolute Gasteiger partial charge is 0.248 e. The average Bonchev–Trinajstić information content (AvgIpc) is 2.69. The molecule has 0 unspecified atom stereocenters. The fourth-order valence-corrected chi connectivity index (χ4v) is 3.97. The quantitative estimate of drug-likeness (QED) is 0.736. The third-order valence-electron chi connectivity index (χ3n) is 2.74. The fraction of sp³-hybridized carbons (Fsp3) is 0.250. The van der Waals surface area contributed by atoms with E-state index in [4.69, 9.17) is 22.3 Å². The zero-order valence-corrected chi connectivity index (χ0v) is 14.4. The first-order valence-electron chi connectivity index (χ1n) is 5.77. The van der Waals surface area contributed by atoms with Crippen LogP contribution in [-0.2, 0) is 22.0 Å². The van der Waals surface area contributed by atoms with Crippen LogP contribution in [0, 0.1) is 0 Å². The summed E-state index contributed by atoms with van der Waals surface area (Å²) in [5.74, 6) is 0. The first kappa shape index (κ1) is 15.8. The molecule has 0 amide bonds. The van der Waals surface area contributed by atoms with Crippen LogP contribution < -0.4 is 0 Å². The van der Waals surface area contributed by atoms with Crippen LogP contribution in [0.1, 0.15) is 18.2 Å². The Labute approximate surface area is 135 Å². The minimum absolute atomic E-state index is 0.0415. The Bertz CT molecular complexity index is 727. The predicted octanol–water partition coefficient (Wildman–Crippen LogP) is 3.84. The number of aryl methyl sites for hydroxylation is 1. The molecule has 0 fully saturated rings. The Morgan fingerprint density at radius 1 is 1.30 bits per heavy atom. The van der Waals surface area contributed by atoms with Crippen molar-refractivity contribution in [2.75, 3.05) is 0 Å². The van der Waals surface area contributed by atoms with Crippen molar-refractivity contribution >= 4 is 47.3 Å². The summed E-state index contributed by atoms with van der Waals surface area (Å²) < 4.78 is 25.5. The molecule has 1 aromatic carbocycles.